The van der Waals surface area contributed by atoms with E-state index in [9.17, 15) is 0 Å². The molecule has 19 heavy (non-hydrogen) atoms. The predicted octanol–water partition coefficient (Wildman–Crippen LogP) is 4.00. The van der Waals surface area contributed by atoms with Gasteiger partial charge in [-0.25, -0.2) is 4.98 Å². The minimum Gasteiger partial charge on any atom is -0.378 e. The molecule has 1 atom stereocenters. The Bertz CT molecular complexity index is 560. The Morgan fingerprint density at radius 1 is 1.26 bits per heavy atom. The number of aromatic nitrogens is 1. The van der Waals surface area contributed by atoms with Gasteiger partial charge in [0, 0.05) is 30.3 Å². The van der Waals surface area contributed by atoms with Gasteiger partial charge in [-0.3, -0.25) is 0 Å². The zero-order valence-electron chi connectivity index (χ0n) is 12.2. The molecule has 0 spiro atoms. The standard InChI is InChI=1S/C15H21N3S/c1-10-6-7-13(8-14(10)18(4)5)17-12(3)15-11(2)16-9-19-15/h6-9,12,17H,1-5H3. The molecule has 0 aliphatic rings. The van der Waals surface area contributed by atoms with Gasteiger partial charge in [0.2, 0.25) is 0 Å². The number of hydrogen-bond donors (Lipinski definition) is 1. The van der Waals surface area contributed by atoms with E-state index in [4.69, 9.17) is 0 Å². The number of nitrogens with one attached hydrogen (secondary N) is 1. The second-order valence-electron chi connectivity index (χ2n) is 5.06. The second-order valence-corrected chi connectivity index (χ2v) is 5.95. The van der Waals surface area contributed by atoms with E-state index in [1.165, 1.54) is 16.1 Å². The second kappa shape index (κ2) is 5.61. The molecule has 0 radical (unpaired) electrons. The van der Waals surface area contributed by atoms with Gasteiger partial charge >= 0.3 is 0 Å². The number of anilines is 2. The van der Waals surface area contributed by atoms with E-state index in [-0.39, 0.29) is 6.04 Å². The van der Waals surface area contributed by atoms with Crippen molar-refractivity contribution in [2.45, 2.75) is 26.8 Å². The Labute approximate surface area is 119 Å². The number of rotatable bonds is 4. The number of thiazole rings is 1. The first kappa shape index (κ1) is 13.9. The molecule has 0 bridgehead atoms. The highest BCUT2D eigenvalue weighted by atomic mass is 32.1. The zero-order valence-corrected chi connectivity index (χ0v) is 13.0. The Morgan fingerprint density at radius 3 is 2.58 bits per heavy atom. The summed E-state index contributed by atoms with van der Waals surface area (Å²) in [5, 5.41) is 3.55. The number of aryl methyl sites for hydroxylation is 2. The summed E-state index contributed by atoms with van der Waals surface area (Å²) in [5.41, 5.74) is 6.71. The molecule has 1 N–H and O–H groups in total. The molecule has 1 heterocycles. The van der Waals surface area contributed by atoms with Gasteiger partial charge in [-0.1, -0.05) is 6.07 Å². The van der Waals surface area contributed by atoms with Gasteiger partial charge in [-0.2, -0.15) is 0 Å². The molecule has 1 aromatic heterocycles. The quantitative estimate of drug-likeness (QED) is 0.914. The third-order valence-corrected chi connectivity index (χ3v) is 4.36. The third-order valence-electron chi connectivity index (χ3n) is 3.25. The van der Waals surface area contributed by atoms with Crippen LogP contribution in [0, 0.1) is 13.8 Å². The fourth-order valence-electron chi connectivity index (χ4n) is 2.22. The smallest absolute Gasteiger partial charge is 0.0798 e. The lowest BCUT2D eigenvalue weighted by molar-refractivity contribution is 0.890. The lowest BCUT2D eigenvalue weighted by Crippen LogP contribution is -2.12. The van der Waals surface area contributed by atoms with Crippen molar-refractivity contribution in [3.05, 3.63) is 39.8 Å². The summed E-state index contributed by atoms with van der Waals surface area (Å²) in [7, 11) is 4.14. The third kappa shape index (κ3) is 3.07. The van der Waals surface area contributed by atoms with Crippen LogP contribution in [0.5, 0.6) is 0 Å². The summed E-state index contributed by atoms with van der Waals surface area (Å²) in [6.07, 6.45) is 0. The SMILES string of the molecule is Cc1ccc(NC(C)c2scnc2C)cc1N(C)C. The normalized spacial score (nSPS) is 12.3. The molecule has 0 aliphatic heterocycles. The van der Waals surface area contributed by atoms with Gasteiger partial charge < -0.3 is 10.2 Å². The Balaban J connectivity index is 2.20. The van der Waals surface area contributed by atoms with Crippen LogP contribution in [-0.4, -0.2) is 19.1 Å². The lowest BCUT2D eigenvalue weighted by Gasteiger charge is -2.19. The number of benzene rings is 1. The van der Waals surface area contributed by atoms with Crippen molar-refractivity contribution in [1.82, 2.24) is 4.98 Å². The average Bonchev–Trinajstić information content (AvgIpc) is 2.77. The summed E-state index contributed by atoms with van der Waals surface area (Å²) in [6.45, 7) is 6.37. The van der Waals surface area contributed by atoms with Crippen LogP contribution >= 0.6 is 11.3 Å². The van der Waals surface area contributed by atoms with Gasteiger partial charge in [0.1, 0.15) is 0 Å². The van der Waals surface area contributed by atoms with Crippen LogP contribution in [0.3, 0.4) is 0 Å². The van der Waals surface area contributed by atoms with Crippen LogP contribution in [0.4, 0.5) is 11.4 Å². The van der Waals surface area contributed by atoms with Crippen molar-refractivity contribution >= 4 is 22.7 Å². The van der Waals surface area contributed by atoms with E-state index in [0.717, 1.165) is 11.4 Å². The molecular formula is C15H21N3S. The van der Waals surface area contributed by atoms with E-state index in [0.29, 0.717) is 0 Å². The molecule has 2 aromatic rings. The lowest BCUT2D eigenvalue weighted by atomic mass is 10.1. The molecule has 0 amide bonds. The first-order chi connectivity index (χ1) is 8.99. The molecule has 0 aliphatic carbocycles. The molecule has 0 saturated carbocycles. The van der Waals surface area contributed by atoms with Crippen LogP contribution in [-0.2, 0) is 0 Å². The summed E-state index contributed by atoms with van der Waals surface area (Å²) < 4.78 is 0. The highest BCUT2D eigenvalue weighted by molar-refractivity contribution is 7.09. The van der Waals surface area contributed by atoms with Crippen LogP contribution in [0.25, 0.3) is 0 Å². The topological polar surface area (TPSA) is 28.2 Å². The highest BCUT2D eigenvalue weighted by Crippen LogP contribution is 2.28. The monoisotopic (exact) mass is 275 g/mol. The molecule has 4 heteroatoms. The minimum absolute atomic E-state index is 0.283. The van der Waals surface area contributed by atoms with Gasteiger partial charge in [0.05, 0.1) is 17.2 Å². The Morgan fingerprint density at radius 2 is 2.00 bits per heavy atom. The minimum atomic E-state index is 0.283. The summed E-state index contributed by atoms with van der Waals surface area (Å²) >= 11 is 1.71. The maximum absolute atomic E-state index is 4.31. The van der Waals surface area contributed by atoms with Crippen LogP contribution in [0.15, 0.2) is 23.7 Å². The van der Waals surface area contributed by atoms with Gasteiger partial charge in [0.25, 0.3) is 0 Å². The van der Waals surface area contributed by atoms with Crippen LogP contribution in [0.1, 0.15) is 29.1 Å². The van der Waals surface area contributed by atoms with Crippen molar-refractivity contribution in [3.8, 4) is 0 Å². The summed E-state index contributed by atoms with van der Waals surface area (Å²) in [5.74, 6) is 0. The molecule has 102 valence electrons. The van der Waals surface area contributed by atoms with Crippen LogP contribution in [0.2, 0.25) is 0 Å². The van der Waals surface area contributed by atoms with Crippen molar-refractivity contribution < 1.29 is 0 Å². The Hall–Kier alpha value is -1.55. The van der Waals surface area contributed by atoms with E-state index in [2.05, 4.69) is 68.3 Å². The zero-order chi connectivity index (χ0) is 14.0. The molecule has 0 fully saturated rings. The first-order valence-electron chi connectivity index (χ1n) is 6.43. The summed E-state index contributed by atoms with van der Waals surface area (Å²) in [6, 6.07) is 6.77. The van der Waals surface area contributed by atoms with Crippen molar-refractivity contribution in [2.75, 3.05) is 24.3 Å². The van der Waals surface area contributed by atoms with Crippen molar-refractivity contribution in [1.29, 1.82) is 0 Å². The fourth-order valence-corrected chi connectivity index (χ4v) is 3.03. The molecule has 1 aromatic carbocycles. The maximum Gasteiger partial charge on any atom is 0.0798 e. The van der Waals surface area contributed by atoms with E-state index in [1.54, 1.807) is 11.3 Å². The van der Waals surface area contributed by atoms with Gasteiger partial charge in [0.15, 0.2) is 0 Å². The largest absolute Gasteiger partial charge is 0.378 e. The van der Waals surface area contributed by atoms with Gasteiger partial charge in [-0.05, 0) is 38.5 Å². The average molecular weight is 275 g/mol. The van der Waals surface area contributed by atoms with Crippen molar-refractivity contribution in [3.63, 3.8) is 0 Å². The van der Waals surface area contributed by atoms with Gasteiger partial charge in [-0.15, -0.1) is 11.3 Å². The molecule has 2 rings (SSSR count). The number of nitrogens with zero attached hydrogens (tertiary/aromatic N) is 2. The number of hydrogen-bond acceptors (Lipinski definition) is 4. The van der Waals surface area contributed by atoms with E-state index >= 15 is 0 Å². The predicted molar refractivity (Wildman–Crippen MR) is 84.4 cm³/mol. The maximum atomic E-state index is 4.31. The first-order valence-corrected chi connectivity index (χ1v) is 7.31. The highest BCUT2D eigenvalue weighted by Gasteiger charge is 2.11. The van der Waals surface area contributed by atoms with Crippen molar-refractivity contribution in [2.24, 2.45) is 0 Å². The Kier molecular flexibility index (Phi) is 4.10. The van der Waals surface area contributed by atoms with E-state index in [1.807, 2.05) is 5.51 Å². The van der Waals surface area contributed by atoms with E-state index < -0.39 is 0 Å². The fraction of sp³-hybridized carbons (Fsp3) is 0.400. The molecule has 1 unspecified atom stereocenters. The van der Waals surface area contributed by atoms with Crippen LogP contribution < -0.4 is 10.2 Å². The molecule has 3 nitrogen and oxygen atoms in total. The summed E-state index contributed by atoms with van der Waals surface area (Å²) in [4.78, 5) is 7.75. The molecule has 0 saturated heterocycles. The molecular weight excluding hydrogens is 254 g/mol.